The van der Waals surface area contributed by atoms with E-state index in [1.807, 2.05) is 0 Å². The van der Waals surface area contributed by atoms with Crippen molar-refractivity contribution in [1.29, 1.82) is 0 Å². The number of nitrogens with one attached hydrogen (secondary N) is 1. The highest BCUT2D eigenvalue weighted by molar-refractivity contribution is 7.92. The molecule has 0 fully saturated rings. The van der Waals surface area contributed by atoms with Gasteiger partial charge in [0.25, 0.3) is 0 Å². The molecule has 0 bridgehead atoms. The highest BCUT2D eigenvalue weighted by Gasteiger charge is 2.15. The molecule has 0 aromatic heterocycles. The van der Waals surface area contributed by atoms with Gasteiger partial charge in [0.2, 0.25) is 10.0 Å². The Morgan fingerprint density at radius 3 is 2.26 bits per heavy atom. The second kappa shape index (κ2) is 6.78. The number of rotatable bonds is 5. The molecule has 23 heavy (non-hydrogen) atoms. The van der Waals surface area contributed by atoms with Gasteiger partial charge >= 0.3 is 0 Å². The first-order valence-corrected chi connectivity index (χ1v) is 9.07. The molecule has 0 saturated carbocycles. The molecule has 2 aromatic rings. The number of hydrogen-bond acceptors (Lipinski definition) is 4. The van der Waals surface area contributed by atoms with Crippen molar-refractivity contribution in [3.8, 4) is 11.5 Å². The van der Waals surface area contributed by atoms with Crippen molar-refractivity contribution in [3.63, 3.8) is 0 Å². The van der Waals surface area contributed by atoms with Crippen LogP contribution in [0.15, 0.2) is 36.4 Å². The predicted octanol–water partition coefficient (Wildman–Crippen LogP) is 4.36. The zero-order valence-corrected chi connectivity index (χ0v) is 14.6. The Labute approximate surface area is 144 Å². The van der Waals surface area contributed by atoms with Crippen LogP contribution in [0.5, 0.6) is 11.5 Å². The van der Waals surface area contributed by atoms with Gasteiger partial charge in [-0.1, -0.05) is 29.3 Å². The average Bonchev–Trinajstić information content (AvgIpc) is 2.42. The standard InChI is InChI=1S/C15H13Cl2NO4S/c1-9(19)10-6-7-13(18-23(2,20)21)14(8-10)22-15-11(16)4-3-5-12(15)17/h3-8,18H,1-2H3. The first-order chi connectivity index (χ1) is 10.7. The summed E-state index contributed by atoms with van der Waals surface area (Å²) in [6, 6.07) is 9.19. The molecule has 0 aliphatic heterocycles. The highest BCUT2D eigenvalue weighted by Crippen LogP contribution is 2.39. The molecule has 5 nitrogen and oxygen atoms in total. The fraction of sp³-hybridized carbons (Fsp3) is 0.133. The van der Waals surface area contributed by atoms with E-state index in [0.29, 0.717) is 5.56 Å². The van der Waals surface area contributed by atoms with E-state index in [2.05, 4.69) is 4.72 Å². The maximum atomic E-state index is 11.5. The third-order valence-electron chi connectivity index (χ3n) is 2.81. The Bertz CT molecular complexity index is 846. The summed E-state index contributed by atoms with van der Waals surface area (Å²) in [7, 11) is -3.53. The van der Waals surface area contributed by atoms with Gasteiger partial charge < -0.3 is 4.74 Å². The van der Waals surface area contributed by atoms with Crippen molar-refractivity contribution in [2.45, 2.75) is 6.92 Å². The van der Waals surface area contributed by atoms with Crippen LogP contribution in [0.4, 0.5) is 5.69 Å². The molecule has 0 heterocycles. The number of sulfonamides is 1. The van der Waals surface area contributed by atoms with Gasteiger partial charge in [-0.15, -0.1) is 0 Å². The van der Waals surface area contributed by atoms with Gasteiger partial charge in [-0.3, -0.25) is 9.52 Å². The smallest absolute Gasteiger partial charge is 0.229 e. The number of ketones is 1. The summed E-state index contributed by atoms with van der Waals surface area (Å²) in [5.74, 6) is 0.109. The lowest BCUT2D eigenvalue weighted by Gasteiger charge is -2.14. The van der Waals surface area contributed by atoms with Crippen molar-refractivity contribution in [3.05, 3.63) is 52.0 Å². The molecule has 2 aromatic carbocycles. The van der Waals surface area contributed by atoms with Crippen LogP contribution in [0.3, 0.4) is 0 Å². The summed E-state index contributed by atoms with van der Waals surface area (Å²) in [6.07, 6.45) is 1.01. The van der Waals surface area contributed by atoms with E-state index in [9.17, 15) is 13.2 Å². The third kappa shape index (κ3) is 4.60. The molecule has 122 valence electrons. The van der Waals surface area contributed by atoms with E-state index in [0.717, 1.165) is 6.26 Å². The Hall–Kier alpha value is -1.76. The predicted molar refractivity (Wildman–Crippen MR) is 91.4 cm³/mol. The maximum absolute atomic E-state index is 11.5. The minimum absolute atomic E-state index is 0.123. The summed E-state index contributed by atoms with van der Waals surface area (Å²) in [5.41, 5.74) is 0.538. The van der Waals surface area contributed by atoms with Crippen LogP contribution in [-0.2, 0) is 10.0 Å². The molecule has 0 aliphatic rings. The van der Waals surface area contributed by atoms with Gasteiger partial charge in [-0.2, -0.15) is 0 Å². The minimum Gasteiger partial charge on any atom is -0.452 e. The molecule has 2 rings (SSSR count). The lowest BCUT2D eigenvalue weighted by atomic mass is 10.1. The van der Waals surface area contributed by atoms with E-state index in [-0.39, 0.29) is 33.0 Å². The molecule has 0 radical (unpaired) electrons. The van der Waals surface area contributed by atoms with E-state index in [1.165, 1.54) is 25.1 Å². The zero-order chi connectivity index (χ0) is 17.2. The summed E-state index contributed by atoms with van der Waals surface area (Å²) in [4.78, 5) is 11.5. The first-order valence-electron chi connectivity index (χ1n) is 6.42. The Balaban J connectivity index is 2.53. The number of carbonyl (C=O) groups is 1. The van der Waals surface area contributed by atoms with E-state index < -0.39 is 10.0 Å². The number of benzene rings is 2. The topological polar surface area (TPSA) is 72.5 Å². The minimum atomic E-state index is -3.53. The van der Waals surface area contributed by atoms with Crippen LogP contribution in [0.1, 0.15) is 17.3 Å². The quantitative estimate of drug-likeness (QED) is 0.790. The molecule has 8 heteroatoms. The van der Waals surface area contributed by atoms with Gasteiger partial charge in [0, 0.05) is 5.56 Å². The van der Waals surface area contributed by atoms with Crippen LogP contribution in [0.25, 0.3) is 0 Å². The second-order valence-electron chi connectivity index (χ2n) is 4.79. The molecule has 0 unspecified atom stereocenters. The van der Waals surface area contributed by atoms with E-state index in [1.54, 1.807) is 18.2 Å². The third-order valence-corrected chi connectivity index (χ3v) is 4.00. The average molecular weight is 374 g/mol. The zero-order valence-electron chi connectivity index (χ0n) is 12.3. The van der Waals surface area contributed by atoms with Crippen LogP contribution in [0.2, 0.25) is 10.0 Å². The lowest BCUT2D eigenvalue weighted by molar-refractivity contribution is 0.101. The molecule has 0 aliphatic carbocycles. The van der Waals surface area contributed by atoms with Gasteiger partial charge in [-0.05, 0) is 37.3 Å². The maximum Gasteiger partial charge on any atom is 0.229 e. The molecule has 1 N–H and O–H groups in total. The highest BCUT2D eigenvalue weighted by atomic mass is 35.5. The fourth-order valence-electron chi connectivity index (χ4n) is 1.80. The Morgan fingerprint density at radius 2 is 1.74 bits per heavy atom. The van der Waals surface area contributed by atoms with Gasteiger partial charge in [0.1, 0.15) is 0 Å². The van der Waals surface area contributed by atoms with Crippen molar-refractivity contribution in [2.24, 2.45) is 0 Å². The number of carbonyl (C=O) groups excluding carboxylic acids is 1. The van der Waals surface area contributed by atoms with Crippen LogP contribution >= 0.6 is 23.2 Å². The van der Waals surface area contributed by atoms with Crippen LogP contribution in [0, 0.1) is 0 Å². The monoisotopic (exact) mass is 373 g/mol. The lowest BCUT2D eigenvalue weighted by Crippen LogP contribution is -2.11. The number of Topliss-reactive ketones (excluding diaryl/α,β-unsaturated/α-hetero) is 1. The summed E-state index contributed by atoms with van der Waals surface area (Å²) < 4.78 is 30.9. The molecular weight excluding hydrogens is 361 g/mol. The fourth-order valence-corrected chi connectivity index (χ4v) is 2.84. The summed E-state index contributed by atoms with van der Waals surface area (Å²) >= 11 is 12.1. The summed E-state index contributed by atoms with van der Waals surface area (Å²) in [5, 5.41) is 0.520. The van der Waals surface area contributed by atoms with Crippen molar-refractivity contribution >= 4 is 44.7 Å². The van der Waals surface area contributed by atoms with Gasteiger partial charge in [-0.25, -0.2) is 8.42 Å². The number of para-hydroxylation sites is 1. The number of hydrogen-bond donors (Lipinski definition) is 1. The SMILES string of the molecule is CC(=O)c1ccc(NS(C)(=O)=O)c(Oc2c(Cl)cccc2Cl)c1. The van der Waals surface area contributed by atoms with Crippen molar-refractivity contribution in [1.82, 2.24) is 0 Å². The van der Waals surface area contributed by atoms with Gasteiger partial charge in [0.05, 0.1) is 22.0 Å². The van der Waals surface area contributed by atoms with Crippen molar-refractivity contribution in [2.75, 3.05) is 11.0 Å². The summed E-state index contributed by atoms with van der Waals surface area (Å²) in [6.45, 7) is 1.39. The van der Waals surface area contributed by atoms with Crippen molar-refractivity contribution < 1.29 is 17.9 Å². The number of ether oxygens (including phenoxy) is 1. The number of halogens is 2. The molecule has 0 saturated heterocycles. The Kier molecular flexibility index (Phi) is 5.19. The molecule has 0 spiro atoms. The normalized spacial score (nSPS) is 11.1. The first kappa shape index (κ1) is 17.6. The van der Waals surface area contributed by atoms with Crippen LogP contribution in [-0.4, -0.2) is 20.5 Å². The largest absolute Gasteiger partial charge is 0.452 e. The second-order valence-corrected chi connectivity index (χ2v) is 7.36. The van der Waals surface area contributed by atoms with Gasteiger partial charge in [0.15, 0.2) is 17.3 Å². The van der Waals surface area contributed by atoms with E-state index in [4.69, 9.17) is 27.9 Å². The van der Waals surface area contributed by atoms with E-state index >= 15 is 0 Å². The molecular formula is C15H13Cl2NO4S. The number of anilines is 1. The molecule has 0 amide bonds. The van der Waals surface area contributed by atoms with Crippen LogP contribution < -0.4 is 9.46 Å². The Morgan fingerprint density at radius 1 is 1.13 bits per heavy atom. The molecule has 0 atom stereocenters.